The first-order chi connectivity index (χ1) is 19.0. The smallest absolute Gasteiger partial charge is 0.248 e. The minimum atomic E-state index is -3.76. The zero-order chi connectivity index (χ0) is 28.9. The van der Waals surface area contributed by atoms with Crippen molar-refractivity contribution in [3.8, 4) is 5.75 Å². The topological polar surface area (TPSA) is 134 Å². The molecule has 0 aliphatic carbocycles. The lowest BCUT2D eigenvalue weighted by Gasteiger charge is -2.19. The van der Waals surface area contributed by atoms with Crippen LogP contribution in [0.3, 0.4) is 0 Å². The number of amides is 2. The molecule has 4 rings (SSSR count). The van der Waals surface area contributed by atoms with E-state index in [-0.39, 0.29) is 30.8 Å². The second-order valence-electron chi connectivity index (χ2n) is 9.91. The number of H-pyrrole nitrogens is 1. The summed E-state index contributed by atoms with van der Waals surface area (Å²) in [4.78, 5) is 41.1. The van der Waals surface area contributed by atoms with Gasteiger partial charge in [0.2, 0.25) is 11.8 Å². The summed E-state index contributed by atoms with van der Waals surface area (Å²) in [7, 11) is -2.20. The first kappa shape index (κ1) is 28.8. The minimum Gasteiger partial charge on any atom is -0.497 e. The van der Waals surface area contributed by atoms with E-state index in [4.69, 9.17) is 4.74 Å². The Morgan fingerprint density at radius 3 is 2.48 bits per heavy atom. The monoisotopic (exact) mass is 563 g/mol. The minimum absolute atomic E-state index is 0.0663. The molecule has 3 aromatic carbocycles. The lowest BCUT2D eigenvalue weighted by Crippen LogP contribution is -2.48. The summed E-state index contributed by atoms with van der Waals surface area (Å²) in [5.41, 5.74) is 2.83. The van der Waals surface area contributed by atoms with Crippen LogP contribution in [0.15, 0.2) is 60.7 Å². The number of hydrogen-bond acceptors (Lipinski definition) is 6. The summed E-state index contributed by atoms with van der Waals surface area (Å²) >= 11 is 0. The number of fused-ring (bicyclic) bond motifs is 2. The molecule has 0 bridgehead atoms. The third-order valence-corrected chi connectivity index (χ3v) is 8.49. The van der Waals surface area contributed by atoms with E-state index < -0.39 is 33.4 Å². The Morgan fingerprint density at radius 2 is 1.75 bits per heavy atom. The fraction of sp³-hybridized carbons (Fsp3) is 0.300. The van der Waals surface area contributed by atoms with E-state index >= 15 is 0 Å². The van der Waals surface area contributed by atoms with Crippen LogP contribution >= 0.6 is 0 Å². The largest absolute Gasteiger partial charge is 0.497 e. The second-order valence-corrected chi connectivity index (χ2v) is 12.1. The third kappa shape index (κ3) is 7.26. The molecule has 1 heterocycles. The Morgan fingerprint density at radius 1 is 1.00 bits per heavy atom. The molecular weight excluding hydrogens is 530 g/mol. The Bertz CT molecular complexity index is 1680. The molecule has 10 heteroatoms. The number of aryl methyl sites for hydroxylation is 1. The van der Waals surface area contributed by atoms with Crippen molar-refractivity contribution in [3.63, 3.8) is 0 Å². The molecule has 0 aliphatic rings. The van der Waals surface area contributed by atoms with Gasteiger partial charge in [-0.1, -0.05) is 30.3 Å². The Balaban J connectivity index is 1.55. The van der Waals surface area contributed by atoms with Crippen molar-refractivity contribution in [1.29, 1.82) is 0 Å². The maximum atomic E-state index is 13.3. The highest BCUT2D eigenvalue weighted by Gasteiger charge is 2.28. The fourth-order valence-corrected chi connectivity index (χ4v) is 6.17. The van der Waals surface area contributed by atoms with Crippen LogP contribution in [0.25, 0.3) is 21.7 Å². The van der Waals surface area contributed by atoms with E-state index in [1.165, 1.54) is 6.92 Å². The van der Waals surface area contributed by atoms with Gasteiger partial charge in [-0.3, -0.25) is 9.59 Å². The van der Waals surface area contributed by atoms with Crippen molar-refractivity contribution in [1.82, 2.24) is 10.3 Å². The van der Waals surface area contributed by atoms with Gasteiger partial charge in [0.25, 0.3) is 0 Å². The predicted octanol–water partition coefficient (Wildman–Crippen LogP) is 4.09. The van der Waals surface area contributed by atoms with E-state index in [1.807, 2.05) is 55.5 Å². The van der Waals surface area contributed by atoms with Gasteiger partial charge < -0.3 is 25.1 Å². The normalized spacial score (nSPS) is 12.3. The number of carbonyl (C=O) groups is 3. The van der Waals surface area contributed by atoms with Crippen LogP contribution in [0.5, 0.6) is 5.75 Å². The van der Waals surface area contributed by atoms with E-state index in [0.717, 1.165) is 32.9 Å². The van der Waals surface area contributed by atoms with Crippen LogP contribution in [0.2, 0.25) is 0 Å². The standard InChI is InChI=1S/C30H33N3O6S/c1-19(34)7-6-14-40(37,38)18-28(30(36)32-23-11-10-21-8-4-5-9-22(21)15-23)33-29(35)17-25-20(2)31-27-13-12-24(39-3)16-26(25)27/h4-5,8-13,15-16,28,31H,6-7,14,17-18H2,1-3H3,(H,32,36)(H,33,35)/t28-/m0/s1. The summed E-state index contributed by atoms with van der Waals surface area (Å²) in [6, 6.07) is 17.2. The molecule has 0 aliphatic heterocycles. The molecule has 4 aromatic rings. The van der Waals surface area contributed by atoms with Crippen LogP contribution in [-0.4, -0.2) is 55.7 Å². The number of ether oxygens (including phenoxy) is 1. The molecule has 1 atom stereocenters. The van der Waals surface area contributed by atoms with Gasteiger partial charge in [-0.15, -0.1) is 0 Å². The van der Waals surface area contributed by atoms with Crippen LogP contribution in [0.1, 0.15) is 31.0 Å². The molecule has 0 spiro atoms. The fourth-order valence-electron chi connectivity index (χ4n) is 4.68. The Kier molecular flexibility index (Phi) is 8.89. The molecule has 3 N–H and O–H groups in total. The zero-order valence-corrected chi connectivity index (χ0v) is 23.6. The number of methoxy groups -OCH3 is 1. The molecule has 1 aromatic heterocycles. The molecule has 0 saturated carbocycles. The number of benzene rings is 3. The van der Waals surface area contributed by atoms with E-state index in [9.17, 15) is 22.8 Å². The number of nitrogens with one attached hydrogen (secondary N) is 3. The number of rotatable bonds is 12. The van der Waals surface area contributed by atoms with Gasteiger partial charge in [-0.25, -0.2) is 8.42 Å². The summed E-state index contributed by atoms with van der Waals surface area (Å²) < 4.78 is 31.1. The highest BCUT2D eigenvalue weighted by molar-refractivity contribution is 7.91. The van der Waals surface area contributed by atoms with Crippen molar-refractivity contribution in [2.24, 2.45) is 0 Å². The third-order valence-electron chi connectivity index (χ3n) is 6.74. The number of aromatic amines is 1. The van der Waals surface area contributed by atoms with Gasteiger partial charge in [0.1, 0.15) is 17.6 Å². The highest BCUT2D eigenvalue weighted by Crippen LogP contribution is 2.27. The maximum absolute atomic E-state index is 13.3. The summed E-state index contributed by atoms with van der Waals surface area (Å²) in [5.74, 6) is -1.46. The average molecular weight is 564 g/mol. The number of carbonyl (C=O) groups excluding carboxylic acids is 3. The van der Waals surface area contributed by atoms with E-state index in [1.54, 1.807) is 19.2 Å². The molecule has 40 heavy (non-hydrogen) atoms. The lowest BCUT2D eigenvalue weighted by molar-refractivity contribution is -0.125. The van der Waals surface area contributed by atoms with Crippen molar-refractivity contribution in [2.75, 3.05) is 23.9 Å². The van der Waals surface area contributed by atoms with Crippen molar-refractivity contribution in [2.45, 2.75) is 39.2 Å². The molecular formula is C30H33N3O6S. The number of ketones is 1. The van der Waals surface area contributed by atoms with E-state index in [0.29, 0.717) is 11.4 Å². The average Bonchev–Trinajstić information content (AvgIpc) is 3.21. The van der Waals surface area contributed by atoms with Gasteiger partial charge in [0.15, 0.2) is 9.84 Å². The predicted molar refractivity (Wildman–Crippen MR) is 156 cm³/mol. The quantitative estimate of drug-likeness (QED) is 0.238. The summed E-state index contributed by atoms with van der Waals surface area (Å²) in [5, 5.41) is 8.10. The molecule has 210 valence electrons. The van der Waals surface area contributed by atoms with Crippen molar-refractivity contribution >= 4 is 54.8 Å². The summed E-state index contributed by atoms with van der Waals surface area (Å²) in [6.45, 7) is 3.24. The first-order valence-electron chi connectivity index (χ1n) is 13.0. The van der Waals surface area contributed by atoms with Gasteiger partial charge >= 0.3 is 0 Å². The van der Waals surface area contributed by atoms with Crippen LogP contribution < -0.4 is 15.4 Å². The SMILES string of the molecule is COc1ccc2[nH]c(C)c(CC(=O)N[C@@H](CS(=O)(=O)CCCC(C)=O)C(=O)Nc3ccc4ccccc4c3)c2c1. The van der Waals surface area contributed by atoms with Crippen LogP contribution in [0.4, 0.5) is 5.69 Å². The van der Waals surface area contributed by atoms with Crippen LogP contribution in [-0.2, 0) is 30.6 Å². The molecule has 2 amide bonds. The van der Waals surface area contributed by atoms with Gasteiger partial charge in [0.05, 0.1) is 25.0 Å². The Labute approximate surface area is 233 Å². The van der Waals surface area contributed by atoms with E-state index in [2.05, 4.69) is 15.6 Å². The number of Topliss-reactive ketones (excluding diaryl/α,β-unsaturated/α-hetero) is 1. The molecule has 0 radical (unpaired) electrons. The highest BCUT2D eigenvalue weighted by atomic mass is 32.2. The summed E-state index contributed by atoms with van der Waals surface area (Å²) in [6.07, 6.45) is 0.215. The Hall–Kier alpha value is -4.18. The van der Waals surface area contributed by atoms with Crippen LogP contribution in [0, 0.1) is 6.92 Å². The van der Waals surface area contributed by atoms with Crippen molar-refractivity contribution < 1.29 is 27.5 Å². The first-order valence-corrected chi connectivity index (χ1v) is 14.8. The molecule has 0 unspecified atom stereocenters. The van der Waals surface area contributed by atoms with Crippen molar-refractivity contribution in [3.05, 3.63) is 71.9 Å². The molecule has 9 nitrogen and oxygen atoms in total. The van der Waals surface area contributed by atoms with Gasteiger partial charge in [0, 0.05) is 28.7 Å². The number of aromatic nitrogens is 1. The number of anilines is 1. The lowest BCUT2D eigenvalue weighted by atomic mass is 10.1. The maximum Gasteiger partial charge on any atom is 0.248 e. The van der Waals surface area contributed by atoms with Gasteiger partial charge in [-0.05, 0) is 66.9 Å². The number of sulfone groups is 1. The molecule has 0 saturated heterocycles. The number of hydrogen-bond donors (Lipinski definition) is 3. The van der Waals surface area contributed by atoms with Gasteiger partial charge in [-0.2, -0.15) is 0 Å². The zero-order valence-electron chi connectivity index (χ0n) is 22.7. The second kappa shape index (κ2) is 12.3. The molecule has 0 fully saturated rings.